The number of nitrogens with zero attached hydrogens (tertiary/aromatic N) is 2. The van der Waals surface area contributed by atoms with Crippen LogP contribution in [-0.2, 0) is 20.2 Å². The van der Waals surface area contributed by atoms with Gasteiger partial charge in [0.15, 0.2) is 0 Å². The van der Waals surface area contributed by atoms with Crippen molar-refractivity contribution in [1.29, 1.82) is 0 Å². The van der Waals surface area contributed by atoms with Gasteiger partial charge in [-0.05, 0) is 63.0 Å². The number of piperidine rings is 1. The number of hydrogen-bond acceptors (Lipinski definition) is 4. The lowest BCUT2D eigenvalue weighted by Crippen LogP contribution is -2.52. The van der Waals surface area contributed by atoms with E-state index in [1.807, 2.05) is 26.2 Å². The number of hydrogen-bond donors (Lipinski definition) is 1. The van der Waals surface area contributed by atoms with E-state index in [0.29, 0.717) is 19.5 Å². The number of nitrogens with one attached hydrogen (secondary N) is 1. The van der Waals surface area contributed by atoms with Gasteiger partial charge in [0.2, 0.25) is 15.9 Å². The minimum Gasteiger partial charge on any atom is -0.355 e. The maximum Gasteiger partial charge on any atom is 0.243 e. The van der Waals surface area contributed by atoms with Crippen molar-refractivity contribution in [3.05, 3.63) is 29.8 Å². The van der Waals surface area contributed by atoms with Crippen LogP contribution in [-0.4, -0.2) is 63.3 Å². The topological polar surface area (TPSA) is 69.7 Å². The van der Waals surface area contributed by atoms with Gasteiger partial charge in [-0.25, -0.2) is 8.42 Å². The second-order valence-corrected chi connectivity index (χ2v) is 10.7. The smallest absolute Gasteiger partial charge is 0.243 e. The molecule has 158 valence electrons. The molecule has 1 aliphatic rings. The molecule has 0 radical (unpaired) electrons. The Bertz CT molecular complexity index is 752. The fourth-order valence-electron chi connectivity index (χ4n) is 3.44. The third kappa shape index (κ3) is 5.78. The Balaban J connectivity index is 2.14. The maximum atomic E-state index is 13.2. The lowest BCUT2D eigenvalue weighted by molar-refractivity contribution is -0.125. The molecule has 1 saturated heterocycles. The van der Waals surface area contributed by atoms with Crippen molar-refractivity contribution in [2.24, 2.45) is 0 Å². The van der Waals surface area contributed by atoms with Gasteiger partial charge in [-0.15, -0.1) is 0 Å². The fraction of sp³-hybridized carbons (Fsp3) is 0.667. The van der Waals surface area contributed by atoms with E-state index in [9.17, 15) is 13.2 Å². The Morgan fingerprint density at radius 1 is 1.18 bits per heavy atom. The molecule has 28 heavy (non-hydrogen) atoms. The van der Waals surface area contributed by atoms with Crippen molar-refractivity contribution in [1.82, 2.24) is 14.5 Å². The Kier molecular flexibility index (Phi) is 7.65. The molecule has 0 aromatic heterocycles. The summed E-state index contributed by atoms with van der Waals surface area (Å²) in [7, 11) is 0.278. The van der Waals surface area contributed by atoms with Gasteiger partial charge in [0.1, 0.15) is 6.04 Å². The minimum absolute atomic E-state index is 0.0393. The highest BCUT2D eigenvalue weighted by molar-refractivity contribution is 7.89. The molecule has 2 rings (SSSR count). The zero-order valence-electron chi connectivity index (χ0n) is 17.9. The number of amides is 1. The van der Waals surface area contributed by atoms with Crippen molar-refractivity contribution in [3.8, 4) is 0 Å². The van der Waals surface area contributed by atoms with Crippen LogP contribution < -0.4 is 5.32 Å². The van der Waals surface area contributed by atoms with Crippen LogP contribution in [0.5, 0.6) is 0 Å². The molecular weight excluding hydrogens is 374 g/mol. The SMILES string of the molecule is CN(C)CCCNC(=O)C1CCCCN1S(=O)(=O)c1ccc(C(C)(C)C)cc1. The average molecular weight is 410 g/mol. The predicted molar refractivity (Wildman–Crippen MR) is 113 cm³/mol. The molecule has 1 aromatic rings. The second kappa shape index (κ2) is 9.37. The summed E-state index contributed by atoms with van der Waals surface area (Å²) in [6.07, 6.45) is 3.06. The van der Waals surface area contributed by atoms with Crippen LogP contribution in [0.25, 0.3) is 0 Å². The highest BCUT2D eigenvalue weighted by atomic mass is 32.2. The molecule has 1 atom stereocenters. The summed E-state index contributed by atoms with van der Waals surface area (Å²) in [6.45, 7) is 8.11. The molecule has 0 bridgehead atoms. The van der Waals surface area contributed by atoms with Crippen LogP contribution in [0, 0.1) is 0 Å². The molecule has 7 heteroatoms. The Labute approximate surface area is 170 Å². The summed E-state index contributed by atoms with van der Waals surface area (Å²) in [5.41, 5.74) is 1.04. The molecule has 0 spiro atoms. The number of carbonyl (C=O) groups is 1. The summed E-state index contributed by atoms with van der Waals surface area (Å²) in [4.78, 5) is 15.0. The summed E-state index contributed by atoms with van der Waals surface area (Å²) < 4.78 is 27.8. The van der Waals surface area contributed by atoms with Gasteiger partial charge in [-0.3, -0.25) is 4.79 Å². The van der Waals surface area contributed by atoms with Crippen molar-refractivity contribution in [2.45, 2.75) is 62.8 Å². The van der Waals surface area contributed by atoms with Gasteiger partial charge in [-0.2, -0.15) is 4.31 Å². The maximum absolute atomic E-state index is 13.2. The van der Waals surface area contributed by atoms with E-state index < -0.39 is 16.1 Å². The first-order chi connectivity index (χ1) is 13.0. The lowest BCUT2D eigenvalue weighted by atomic mass is 9.87. The average Bonchev–Trinajstić information content (AvgIpc) is 2.64. The minimum atomic E-state index is -3.70. The largest absolute Gasteiger partial charge is 0.355 e. The molecule has 1 N–H and O–H groups in total. The Hall–Kier alpha value is -1.44. The summed E-state index contributed by atoms with van der Waals surface area (Å²) in [5.74, 6) is -0.187. The van der Waals surface area contributed by atoms with Gasteiger partial charge in [0.25, 0.3) is 0 Å². The number of benzene rings is 1. The Morgan fingerprint density at radius 3 is 2.39 bits per heavy atom. The van der Waals surface area contributed by atoms with Crippen LogP contribution in [0.1, 0.15) is 52.0 Å². The number of rotatable bonds is 7. The highest BCUT2D eigenvalue weighted by Crippen LogP contribution is 2.28. The fourth-order valence-corrected chi connectivity index (χ4v) is 5.10. The first-order valence-corrected chi connectivity index (χ1v) is 11.5. The molecule has 1 aliphatic heterocycles. The molecule has 1 fully saturated rings. The molecule has 1 amide bonds. The predicted octanol–water partition coefficient (Wildman–Crippen LogP) is 2.60. The van der Waals surface area contributed by atoms with Crippen LogP contribution in [0.15, 0.2) is 29.2 Å². The second-order valence-electron chi connectivity index (χ2n) is 8.85. The number of carbonyl (C=O) groups excluding carboxylic acids is 1. The third-order valence-electron chi connectivity index (χ3n) is 5.16. The molecule has 0 saturated carbocycles. The Morgan fingerprint density at radius 2 is 1.82 bits per heavy atom. The summed E-state index contributed by atoms with van der Waals surface area (Å²) in [6, 6.07) is 6.44. The molecule has 1 unspecified atom stereocenters. The van der Waals surface area contributed by atoms with E-state index in [0.717, 1.165) is 31.4 Å². The first kappa shape index (κ1) is 22.8. The summed E-state index contributed by atoms with van der Waals surface area (Å²) in [5, 5.41) is 2.92. The van der Waals surface area contributed by atoms with Crippen molar-refractivity contribution < 1.29 is 13.2 Å². The third-order valence-corrected chi connectivity index (χ3v) is 7.09. The normalized spacial score (nSPS) is 19.0. The highest BCUT2D eigenvalue weighted by Gasteiger charge is 2.37. The van der Waals surface area contributed by atoms with E-state index in [4.69, 9.17) is 0 Å². The van der Waals surface area contributed by atoms with E-state index in [1.165, 1.54) is 4.31 Å². The monoisotopic (exact) mass is 409 g/mol. The quantitative estimate of drug-likeness (QED) is 0.703. The molecule has 6 nitrogen and oxygen atoms in total. The molecule has 1 aromatic carbocycles. The van der Waals surface area contributed by atoms with Gasteiger partial charge in [0.05, 0.1) is 4.90 Å². The van der Waals surface area contributed by atoms with Crippen molar-refractivity contribution in [3.63, 3.8) is 0 Å². The van der Waals surface area contributed by atoms with Gasteiger partial charge >= 0.3 is 0 Å². The number of sulfonamides is 1. The van der Waals surface area contributed by atoms with E-state index in [1.54, 1.807) is 12.1 Å². The van der Waals surface area contributed by atoms with Crippen molar-refractivity contribution in [2.75, 3.05) is 33.7 Å². The zero-order valence-corrected chi connectivity index (χ0v) is 18.7. The van der Waals surface area contributed by atoms with Gasteiger partial charge < -0.3 is 10.2 Å². The van der Waals surface area contributed by atoms with Crippen LogP contribution in [0.3, 0.4) is 0 Å². The standard InChI is InChI=1S/C21H35N3O3S/c1-21(2,3)17-10-12-18(13-11-17)28(26,27)24-16-7-6-9-19(24)20(25)22-14-8-15-23(4)5/h10-13,19H,6-9,14-16H2,1-5H3,(H,22,25). The zero-order chi connectivity index (χ0) is 20.9. The van der Waals surface area contributed by atoms with Crippen molar-refractivity contribution >= 4 is 15.9 Å². The van der Waals surface area contributed by atoms with Crippen LogP contribution >= 0.6 is 0 Å². The summed E-state index contributed by atoms with van der Waals surface area (Å²) >= 11 is 0. The van der Waals surface area contributed by atoms with Gasteiger partial charge in [0, 0.05) is 13.1 Å². The molecule has 0 aliphatic carbocycles. The van der Waals surface area contributed by atoms with Crippen LogP contribution in [0.2, 0.25) is 0 Å². The van der Waals surface area contributed by atoms with E-state index >= 15 is 0 Å². The first-order valence-electron chi connectivity index (χ1n) is 10.1. The molecular formula is C21H35N3O3S. The van der Waals surface area contributed by atoms with E-state index in [2.05, 4.69) is 31.0 Å². The van der Waals surface area contributed by atoms with Crippen LogP contribution in [0.4, 0.5) is 0 Å². The lowest BCUT2D eigenvalue weighted by Gasteiger charge is -2.33. The van der Waals surface area contributed by atoms with E-state index in [-0.39, 0.29) is 16.2 Å². The van der Waals surface area contributed by atoms with Gasteiger partial charge in [-0.1, -0.05) is 39.3 Å². The molecule has 1 heterocycles.